The van der Waals surface area contributed by atoms with E-state index in [0.717, 1.165) is 62.6 Å². The molecule has 0 spiro atoms. The van der Waals surface area contributed by atoms with E-state index >= 15 is 0 Å². The maximum absolute atomic E-state index is 11.5. The van der Waals surface area contributed by atoms with Crippen LogP contribution in [-0.4, -0.2) is 59.2 Å². The van der Waals surface area contributed by atoms with Crippen LogP contribution in [0.25, 0.3) is 6.08 Å². The number of carbonyl (C=O) groups excluding carboxylic acids is 2. The quantitative estimate of drug-likeness (QED) is 0.211. The van der Waals surface area contributed by atoms with Crippen molar-refractivity contribution >= 4 is 41.1 Å². The van der Waals surface area contributed by atoms with Crippen molar-refractivity contribution in [3.63, 3.8) is 0 Å². The summed E-state index contributed by atoms with van der Waals surface area (Å²) in [5.74, 6) is -2.16. The summed E-state index contributed by atoms with van der Waals surface area (Å²) in [6.45, 7) is 16.6. The van der Waals surface area contributed by atoms with Crippen LogP contribution in [0.3, 0.4) is 0 Å². The first-order valence-electron chi connectivity index (χ1n) is 14.9. The second-order valence-corrected chi connectivity index (χ2v) is 12.0. The Balaban J connectivity index is 0.00000235. The van der Waals surface area contributed by atoms with Crippen molar-refractivity contribution in [3.8, 4) is 0 Å². The van der Waals surface area contributed by atoms with Gasteiger partial charge in [-0.1, -0.05) is 58.7 Å². The third-order valence-corrected chi connectivity index (χ3v) is 9.72. The van der Waals surface area contributed by atoms with Gasteiger partial charge in [0.15, 0.2) is 0 Å². The molecular formula is C34H40K2MgN4O4. The SMILES string of the molecule is C=CC1=C(C)C2Cc3[n-]c(c(CCC(=O)[O-])c3C)CC3NC(Cc4[n-]c(c(C)c4C=C)CC1N2)C(C)=C3CCC(=O)[O-].[K+].[K+].[Mg+2]. The molecule has 0 saturated heterocycles. The summed E-state index contributed by atoms with van der Waals surface area (Å²) >= 11 is 0. The van der Waals surface area contributed by atoms with Crippen molar-refractivity contribution in [2.45, 2.75) is 103 Å². The molecule has 4 atom stereocenters. The van der Waals surface area contributed by atoms with Gasteiger partial charge in [-0.2, -0.15) is 22.8 Å². The predicted octanol–water partition coefficient (Wildman–Crippen LogP) is -4.92. The van der Waals surface area contributed by atoms with Crippen LogP contribution >= 0.6 is 0 Å². The maximum Gasteiger partial charge on any atom is 2.00 e. The zero-order chi connectivity index (χ0) is 30.3. The fraction of sp³-hybridized carbons (Fsp3) is 0.471. The number of fused-ring (bicyclic) bond motifs is 8. The van der Waals surface area contributed by atoms with E-state index in [-0.39, 0.29) is 163 Å². The first-order chi connectivity index (χ1) is 20.0. The number of carbonyl (C=O) groups is 2. The Hall–Kier alpha value is 0.419. The molecule has 2 aromatic rings. The molecule has 224 valence electrons. The van der Waals surface area contributed by atoms with Crippen molar-refractivity contribution in [1.29, 1.82) is 0 Å². The second kappa shape index (κ2) is 17.9. The van der Waals surface area contributed by atoms with Gasteiger partial charge in [-0.3, -0.25) is 0 Å². The summed E-state index contributed by atoms with van der Waals surface area (Å²) in [5, 5.41) is 30.5. The van der Waals surface area contributed by atoms with Crippen LogP contribution in [0.4, 0.5) is 0 Å². The van der Waals surface area contributed by atoms with Crippen molar-refractivity contribution in [3.05, 3.63) is 86.6 Å². The smallest absolute Gasteiger partial charge is 0.664 e. The molecule has 0 aliphatic carbocycles. The van der Waals surface area contributed by atoms with Gasteiger partial charge in [0.1, 0.15) is 0 Å². The topological polar surface area (TPSA) is 133 Å². The van der Waals surface area contributed by atoms with Crippen LogP contribution in [0.5, 0.6) is 0 Å². The number of hydrogen-bond acceptors (Lipinski definition) is 6. The Bertz CT molecular complexity index is 1520. The summed E-state index contributed by atoms with van der Waals surface area (Å²) < 4.78 is 0. The summed E-state index contributed by atoms with van der Waals surface area (Å²) in [5.41, 5.74) is 12.6. The van der Waals surface area contributed by atoms with Gasteiger partial charge < -0.3 is 40.4 Å². The van der Waals surface area contributed by atoms with Gasteiger partial charge in [-0.25, -0.2) is 0 Å². The number of hydrogen-bond donors (Lipinski definition) is 2. The number of nitrogens with zero attached hydrogens (tertiary/aromatic N) is 2. The molecule has 4 unspecified atom stereocenters. The second-order valence-electron chi connectivity index (χ2n) is 12.0. The number of aliphatic carboxylic acids is 2. The van der Waals surface area contributed by atoms with Crippen LogP contribution in [0.1, 0.15) is 78.1 Å². The predicted molar refractivity (Wildman–Crippen MR) is 164 cm³/mol. The molecule has 0 aromatic carbocycles. The van der Waals surface area contributed by atoms with E-state index in [1.165, 1.54) is 11.1 Å². The van der Waals surface area contributed by atoms with Crippen LogP contribution in [0, 0.1) is 13.8 Å². The molecule has 2 N–H and O–H groups in total. The van der Waals surface area contributed by atoms with Crippen LogP contribution in [-0.2, 0) is 41.7 Å². The van der Waals surface area contributed by atoms with Crippen LogP contribution in [0.2, 0.25) is 0 Å². The normalized spacial score (nSPS) is 22.3. The van der Waals surface area contributed by atoms with E-state index in [1.54, 1.807) is 0 Å². The molecule has 3 aliphatic rings. The number of carboxylic acid groups (broad SMARTS) is 2. The number of aromatic nitrogens is 2. The van der Waals surface area contributed by atoms with Crippen molar-refractivity contribution < 1.29 is 123 Å². The zero-order valence-electron chi connectivity index (χ0n) is 27.8. The van der Waals surface area contributed by atoms with Gasteiger partial charge in [-0.05, 0) is 90.2 Å². The zero-order valence-corrected chi connectivity index (χ0v) is 35.4. The van der Waals surface area contributed by atoms with E-state index in [9.17, 15) is 19.8 Å². The summed E-state index contributed by atoms with van der Waals surface area (Å²) in [7, 11) is 0. The van der Waals surface area contributed by atoms with Gasteiger partial charge in [0, 0.05) is 36.1 Å². The molecule has 0 amide bonds. The third-order valence-electron chi connectivity index (χ3n) is 9.72. The van der Waals surface area contributed by atoms with E-state index in [0.29, 0.717) is 32.1 Å². The standard InChI is InChI=1S/C34H42N4O4.2K.Mg/c1-7-21-17(3)25-13-26-19(5)23(9-11-33(39)40)31(37-26)16-32-24(10-12-34(41)42)20(6)28(38-32)15-30-22(8-2)18(4)27(36-30)14-29(21)35-25;;;/h7-8,25,28-29,32,35,38H,1-2,9-16H2,3-6H3,(H,39,40)(H,41,42);;;/q-2;2*+1;+2/p-2. The fourth-order valence-corrected chi connectivity index (χ4v) is 7.30. The Morgan fingerprint density at radius 1 is 0.733 bits per heavy atom. The summed E-state index contributed by atoms with van der Waals surface area (Å²) in [6.07, 6.45) is 7.02. The molecule has 0 saturated carbocycles. The molecule has 11 heteroatoms. The largest absolute Gasteiger partial charge is 2.00 e. The van der Waals surface area contributed by atoms with E-state index in [1.807, 2.05) is 19.1 Å². The third kappa shape index (κ3) is 8.97. The van der Waals surface area contributed by atoms with Gasteiger partial charge in [0.25, 0.3) is 0 Å². The minimum Gasteiger partial charge on any atom is -0.664 e. The van der Waals surface area contributed by atoms with Gasteiger partial charge in [0.2, 0.25) is 0 Å². The number of rotatable bonds is 8. The fourth-order valence-electron chi connectivity index (χ4n) is 7.30. The Morgan fingerprint density at radius 3 is 1.87 bits per heavy atom. The molecule has 8 bridgehead atoms. The molecule has 5 rings (SSSR count). The van der Waals surface area contributed by atoms with Crippen molar-refractivity contribution in [2.24, 2.45) is 0 Å². The first kappa shape index (κ1) is 41.6. The van der Waals surface area contributed by atoms with Crippen LogP contribution in [0.15, 0.2) is 41.5 Å². The molecule has 0 radical (unpaired) electrons. The molecule has 3 aliphatic heterocycles. The minimum atomic E-state index is -1.09. The van der Waals surface area contributed by atoms with E-state index < -0.39 is 11.9 Å². The maximum atomic E-state index is 11.5. The number of nitrogens with one attached hydrogen (secondary N) is 2. The average molecular weight is 671 g/mol. The average Bonchev–Trinajstić information content (AvgIpc) is 3.59. The molecule has 5 heterocycles. The first-order valence-corrected chi connectivity index (χ1v) is 14.9. The van der Waals surface area contributed by atoms with E-state index in [2.05, 4.69) is 44.6 Å². The summed E-state index contributed by atoms with van der Waals surface area (Å²) in [4.78, 5) is 33.2. The minimum absolute atomic E-state index is 0. The summed E-state index contributed by atoms with van der Waals surface area (Å²) in [6, 6.07) is -0.0206. The van der Waals surface area contributed by atoms with Crippen molar-refractivity contribution in [2.75, 3.05) is 0 Å². The molecule has 8 nitrogen and oxygen atoms in total. The van der Waals surface area contributed by atoms with Gasteiger partial charge >= 0.3 is 126 Å². The van der Waals surface area contributed by atoms with Gasteiger partial charge in [-0.15, -0.1) is 0 Å². The van der Waals surface area contributed by atoms with E-state index in [4.69, 9.17) is 9.97 Å². The number of carboxylic acids is 2. The molecular weight excluding hydrogens is 631 g/mol. The molecule has 0 fully saturated rings. The van der Waals surface area contributed by atoms with Gasteiger partial charge in [0.05, 0.1) is 0 Å². The Labute approximate surface area is 368 Å². The Morgan fingerprint density at radius 2 is 1.24 bits per heavy atom. The molecule has 2 aromatic heterocycles. The van der Waals surface area contributed by atoms with Crippen molar-refractivity contribution in [1.82, 2.24) is 20.6 Å². The molecule has 45 heavy (non-hydrogen) atoms. The Kier molecular flexibility index (Phi) is 16.5. The van der Waals surface area contributed by atoms with Crippen LogP contribution < -0.4 is 134 Å². The monoisotopic (exact) mass is 670 g/mol.